The predicted molar refractivity (Wildman–Crippen MR) is 89.8 cm³/mol. The van der Waals surface area contributed by atoms with E-state index in [2.05, 4.69) is 54.4 Å². The van der Waals surface area contributed by atoms with Crippen molar-refractivity contribution >= 4 is 22.6 Å². The smallest absolute Gasteiger partial charge is 0.224 e. The molecule has 3 heterocycles. The Morgan fingerprint density at radius 1 is 1.05 bits per heavy atom. The van der Waals surface area contributed by atoms with Crippen molar-refractivity contribution in [1.82, 2.24) is 19.5 Å². The van der Waals surface area contributed by atoms with Crippen molar-refractivity contribution in [3.63, 3.8) is 0 Å². The van der Waals surface area contributed by atoms with Gasteiger partial charge >= 0.3 is 0 Å². The molecular formula is C17H19ClN4. The minimum atomic E-state index is 0.252. The van der Waals surface area contributed by atoms with Gasteiger partial charge in [-0.1, -0.05) is 33.8 Å². The zero-order valence-corrected chi connectivity index (χ0v) is 14.0. The Hall–Kier alpha value is -1.94. The van der Waals surface area contributed by atoms with Gasteiger partial charge in [0.1, 0.15) is 5.82 Å². The van der Waals surface area contributed by atoms with Gasteiger partial charge in [-0.15, -0.1) is 0 Å². The van der Waals surface area contributed by atoms with Crippen LogP contribution in [-0.4, -0.2) is 19.5 Å². The van der Waals surface area contributed by atoms with Crippen LogP contribution in [0.4, 0.5) is 0 Å². The summed E-state index contributed by atoms with van der Waals surface area (Å²) in [6, 6.07) is 8.21. The molecule has 22 heavy (non-hydrogen) atoms. The summed E-state index contributed by atoms with van der Waals surface area (Å²) in [6.45, 7) is 8.60. The highest BCUT2D eigenvalue weighted by atomic mass is 35.5. The average molecular weight is 315 g/mol. The summed E-state index contributed by atoms with van der Waals surface area (Å²) in [5.74, 6) is 1.60. The molecule has 0 radical (unpaired) electrons. The molecule has 0 amide bonds. The molecule has 0 N–H and O–H groups in total. The minimum Gasteiger partial charge on any atom is -0.282 e. The van der Waals surface area contributed by atoms with Crippen molar-refractivity contribution in [2.75, 3.05) is 0 Å². The standard InChI is InChI=1S/C17H19ClN4/c1-10(2)13-6-5-7-15(20-13)22-14(11(3)4)8-12-9-19-17(18)21-16(12)22/h5-11H,1-4H3. The van der Waals surface area contributed by atoms with Gasteiger partial charge in [0.15, 0.2) is 5.65 Å². The maximum atomic E-state index is 5.99. The highest BCUT2D eigenvalue weighted by Crippen LogP contribution is 2.28. The molecule has 114 valence electrons. The SMILES string of the molecule is CC(C)c1cccc(-n2c(C(C)C)cc3cnc(Cl)nc32)n1. The number of halogens is 1. The first-order valence-electron chi connectivity index (χ1n) is 7.48. The first-order valence-corrected chi connectivity index (χ1v) is 7.86. The molecule has 0 bridgehead atoms. The molecule has 0 saturated carbocycles. The Bertz CT molecular complexity index is 821. The third-order valence-electron chi connectivity index (χ3n) is 3.71. The Morgan fingerprint density at radius 2 is 1.82 bits per heavy atom. The topological polar surface area (TPSA) is 43.6 Å². The molecule has 0 spiro atoms. The van der Waals surface area contributed by atoms with Gasteiger partial charge in [-0.25, -0.2) is 9.97 Å². The quantitative estimate of drug-likeness (QED) is 0.657. The second kappa shape index (κ2) is 5.69. The van der Waals surface area contributed by atoms with E-state index in [1.54, 1.807) is 6.20 Å². The number of nitrogens with zero attached hydrogens (tertiary/aromatic N) is 4. The summed E-state index contributed by atoms with van der Waals surface area (Å²) in [5.41, 5.74) is 3.02. The van der Waals surface area contributed by atoms with Crippen LogP contribution in [0.5, 0.6) is 0 Å². The van der Waals surface area contributed by atoms with Gasteiger partial charge in [0, 0.05) is 23.0 Å². The van der Waals surface area contributed by atoms with Crippen molar-refractivity contribution in [3.05, 3.63) is 47.1 Å². The lowest BCUT2D eigenvalue weighted by Gasteiger charge is -2.14. The van der Waals surface area contributed by atoms with Crippen LogP contribution < -0.4 is 0 Å². The molecule has 3 aromatic heterocycles. The fourth-order valence-corrected chi connectivity index (χ4v) is 2.67. The summed E-state index contributed by atoms with van der Waals surface area (Å²) < 4.78 is 2.08. The zero-order chi connectivity index (χ0) is 15.9. The Balaban J connectivity index is 2.30. The molecule has 4 nitrogen and oxygen atoms in total. The van der Waals surface area contributed by atoms with Crippen LogP contribution in [-0.2, 0) is 0 Å². The van der Waals surface area contributed by atoms with Crippen LogP contribution in [0.1, 0.15) is 50.9 Å². The molecule has 3 rings (SSSR count). The molecule has 3 aromatic rings. The lowest BCUT2D eigenvalue weighted by atomic mass is 10.1. The Kier molecular flexibility index (Phi) is 3.87. The summed E-state index contributed by atoms with van der Waals surface area (Å²) in [4.78, 5) is 13.3. The van der Waals surface area contributed by atoms with Crippen molar-refractivity contribution < 1.29 is 0 Å². The van der Waals surface area contributed by atoms with Crippen molar-refractivity contribution in [2.24, 2.45) is 0 Å². The van der Waals surface area contributed by atoms with Gasteiger partial charge < -0.3 is 0 Å². The lowest BCUT2D eigenvalue weighted by Crippen LogP contribution is -2.06. The molecule has 0 aliphatic heterocycles. The van der Waals surface area contributed by atoms with E-state index in [0.717, 1.165) is 28.2 Å². The van der Waals surface area contributed by atoms with Gasteiger partial charge in [-0.05, 0) is 41.6 Å². The minimum absolute atomic E-state index is 0.252. The highest BCUT2D eigenvalue weighted by Gasteiger charge is 2.16. The van der Waals surface area contributed by atoms with E-state index in [4.69, 9.17) is 16.6 Å². The second-order valence-corrected chi connectivity index (χ2v) is 6.39. The first-order chi connectivity index (χ1) is 10.5. The van der Waals surface area contributed by atoms with Crippen LogP contribution in [0.25, 0.3) is 16.9 Å². The largest absolute Gasteiger partial charge is 0.282 e. The maximum absolute atomic E-state index is 5.99. The zero-order valence-electron chi connectivity index (χ0n) is 13.2. The molecule has 0 atom stereocenters. The maximum Gasteiger partial charge on any atom is 0.224 e. The Labute approximate surface area is 135 Å². The fraction of sp³-hybridized carbons (Fsp3) is 0.353. The lowest BCUT2D eigenvalue weighted by molar-refractivity contribution is 0.767. The van der Waals surface area contributed by atoms with Gasteiger partial charge in [-0.2, -0.15) is 4.98 Å². The van der Waals surface area contributed by atoms with Crippen LogP contribution in [0.3, 0.4) is 0 Å². The van der Waals surface area contributed by atoms with Gasteiger partial charge in [0.2, 0.25) is 5.28 Å². The molecule has 0 aromatic carbocycles. The summed E-state index contributed by atoms with van der Waals surface area (Å²) in [6.07, 6.45) is 1.76. The van der Waals surface area contributed by atoms with Crippen LogP contribution in [0, 0.1) is 0 Å². The molecular weight excluding hydrogens is 296 g/mol. The third kappa shape index (κ3) is 2.59. The van der Waals surface area contributed by atoms with Crippen LogP contribution in [0.15, 0.2) is 30.5 Å². The van der Waals surface area contributed by atoms with Gasteiger partial charge in [-0.3, -0.25) is 4.57 Å². The summed E-state index contributed by atoms with van der Waals surface area (Å²) >= 11 is 5.99. The summed E-state index contributed by atoms with van der Waals surface area (Å²) in [7, 11) is 0. The number of aromatic nitrogens is 4. The van der Waals surface area contributed by atoms with Crippen LogP contribution in [0.2, 0.25) is 5.28 Å². The number of hydrogen-bond acceptors (Lipinski definition) is 3. The molecule has 5 heteroatoms. The molecule has 0 unspecified atom stereocenters. The van der Waals surface area contributed by atoms with E-state index in [0.29, 0.717) is 11.8 Å². The second-order valence-electron chi connectivity index (χ2n) is 6.05. The van der Waals surface area contributed by atoms with E-state index in [1.807, 2.05) is 12.1 Å². The van der Waals surface area contributed by atoms with E-state index in [1.165, 1.54) is 0 Å². The van der Waals surface area contributed by atoms with E-state index in [9.17, 15) is 0 Å². The average Bonchev–Trinajstić information content (AvgIpc) is 2.86. The first kappa shape index (κ1) is 15.0. The molecule has 0 saturated heterocycles. The third-order valence-corrected chi connectivity index (χ3v) is 3.89. The van der Waals surface area contributed by atoms with Gasteiger partial charge in [0.05, 0.1) is 0 Å². The van der Waals surface area contributed by atoms with Gasteiger partial charge in [0.25, 0.3) is 0 Å². The highest BCUT2D eigenvalue weighted by molar-refractivity contribution is 6.28. The fourth-order valence-electron chi connectivity index (χ4n) is 2.54. The molecule has 0 aliphatic rings. The monoisotopic (exact) mass is 314 g/mol. The number of fused-ring (bicyclic) bond motifs is 1. The Morgan fingerprint density at radius 3 is 2.50 bits per heavy atom. The van der Waals surface area contributed by atoms with Crippen molar-refractivity contribution in [3.8, 4) is 5.82 Å². The number of rotatable bonds is 3. The van der Waals surface area contributed by atoms with Crippen molar-refractivity contribution in [2.45, 2.75) is 39.5 Å². The van der Waals surface area contributed by atoms with E-state index < -0.39 is 0 Å². The van der Waals surface area contributed by atoms with E-state index >= 15 is 0 Å². The van der Waals surface area contributed by atoms with Crippen molar-refractivity contribution in [1.29, 1.82) is 0 Å². The molecule has 0 aliphatic carbocycles. The van der Waals surface area contributed by atoms with Crippen LogP contribution >= 0.6 is 11.6 Å². The summed E-state index contributed by atoms with van der Waals surface area (Å²) in [5, 5.41) is 1.23. The number of pyridine rings is 1. The predicted octanol–water partition coefficient (Wildman–Crippen LogP) is 4.72. The molecule has 0 fully saturated rings. The normalized spacial score (nSPS) is 11.8. The van der Waals surface area contributed by atoms with E-state index in [-0.39, 0.29) is 5.28 Å². The number of hydrogen-bond donors (Lipinski definition) is 0.